The van der Waals surface area contributed by atoms with Gasteiger partial charge in [-0.2, -0.15) is 0 Å². The molecule has 0 heterocycles. The van der Waals surface area contributed by atoms with E-state index < -0.39 is 0 Å². The summed E-state index contributed by atoms with van der Waals surface area (Å²) in [5, 5.41) is 3.14. The average Bonchev–Trinajstić information content (AvgIpc) is 2.62. The first-order valence-electron chi connectivity index (χ1n) is 6.14. The summed E-state index contributed by atoms with van der Waals surface area (Å²) in [5.74, 6) is 1.34. The van der Waals surface area contributed by atoms with E-state index in [0.717, 1.165) is 16.5 Å². The summed E-state index contributed by atoms with van der Waals surface area (Å²) < 4.78 is 0.997. The molecule has 1 aliphatic carbocycles. The molecule has 2 nitrogen and oxygen atoms in total. The number of rotatable bonds is 2. The number of hydrogen-bond donors (Lipinski definition) is 1. The van der Waals surface area contributed by atoms with Gasteiger partial charge < -0.3 is 5.32 Å². The second-order valence-electron chi connectivity index (χ2n) is 5.00. The Labute approximate surface area is 111 Å². The first-order chi connectivity index (χ1) is 8.08. The summed E-state index contributed by atoms with van der Waals surface area (Å²) in [5.41, 5.74) is 0.736. The average molecular weight is 296 g/mol. The molecule has 0 saturated heterocycles. The maximum atomic E-state index is 12.0. The van der Waals surface area contributed by atoms with Gasteiger partial charge in [0.25, 0.3) is 5.91 Å². The van der Waals surface area contributed by atoms with Gasteiger partial charge in [0.2, 0.25) is 0 Å². The minimum Gasteiger partial charge on any atom is -0.349 e. The third-order valence-corrected chi connectivity index (χ3v) is 4.42. The van der Waals surface area contributed by atoms with Crippen molar-refractivity contribution in [1.82, 2.24) is 5.32 Å². The van der Waals surface area contributed by atoms with E-state index in [1.54, 1.807) is 0 Å². The topological polar surface area (TPSA) is 29.1 Å². The zero-order chi connectivity index (χ0) is 12.4. The van der Waals surface area contributed by atoms with Crippen molar-refractivity contribution in [3.05, 3.63) is 34.3 Å². The normalized spacial score (nSPS) is 28.1. The molecule has 0 radical (unpaired) electrons. The van der Waals surface area contributed by atoms with E-state index in [1.165, 1.54) is 6.42 Å². The maximum absolute atomic E-state index is 12.0. The molecule has 1 amide bonds. The van der Waals surface area contributed by atoms with Gasteiger partial charge in [0.15, 0.2) is 0 Å². The molecule has 1 fully saturated rings. The van der Waals surface area contributed by atoms with E-state index in [0.29, 0.717) is 17.9 Å². The number of carbonyl (C=O) groups excluding carboxylic acids is 1. The quantitative estimate of drug-likeness (QED) is 0.887. The molecule has 0 spiro atoms. The van der Waals surface area contributed by atoms with Crippen LogP contribution in [0.4, 0.5) is 0 Å². The molecule has 1 aromatic rings. The van der Waals surface area contributed by atoms with E-state index in [4.69, 9.17) is 0 Å². The lowest BCUT2D eigenvalue weighted by atomic mass is 9.97. The fraction of sp³-hybridized carbons (Fsp3) is 0.500. The van der Waals surface area contributed by atoms with Gasteiger partial charge in [0, 0.05) is 16.1 Å². The highest BCUT2D eigenvalue weighted by atomic mass is 79.9. The molecule has 92 valence electrons. The Bertz CT molecular complexity index is 401. The van der Waals surface area contributed by atoms with Gasteiger partial charge in [0.05, 0.1) is 0 Å². The Hall–Kier alpha value is -0.830. The van der Waals surface area contributed by atoms with Crippen molar-refractivity contribution in [2.45, 2.75) is 32.7 Å². The highest BCUT2D eigenvalue weighted by Gasteiger charge is 2.30. The van der Waals surface area contributed by atoms with Gasteiger partial charge in [-0.1, -0.05) is 29.8 Å². The van der Waals surface area contributed by atoms with Crippen molar-refractivity contribution in [3.8, 4) is 0 Å². The van der Waals surface area contributed by atoms with Crippen LogP contribution in [0.3, 0.4) is 0 Å². The van der Waals surface area contributed by atoms with Crippen molar-refractivity contribution >= 4 is 21.8 Å². The number of nitrogens with one attached hydrogen (secondary N) is 1. The van der Waals surface area contributed by atoms with Crippen molar-refractivity contribution in [2.75, 3.05) is 0 Å². The van der Waals surface area contributed by atoms with Crippen LogP contribution < -0.4 is 5.32 Å². The minimum atomic E-state index is 0.0449. The highest BCUT2D eigenvalue weighted by molar-refractivity contribution is 9.10. The Morgan fingerprint density at radius 3 is 2.41 bits per heavy atom. The molecular weight excluding hydrogens is 278 g/mol. The van der Waals surface area contributed by atoms with Crippen LogP contribution >= 0.6 is 15.9 Å². The number of halogens is 1. The Morgan fingerprint density at radius 1 is 1.24 bits per heavy atom. The van der Waals surface area contributed by atoms with Crippen LogP contribution in [0.5, 0.6) is 0 Å². The SMILES string of the molecule is CC1CCC(NC(=O)c2ccc(Br)cc2)C1C. The largest absolute Gasteiger partial charge is 0.349 e. The standard InChI is InChI=1S/C14H18BrNO/c1-9-3-8-13(10(9)2)16-14(17)11-4-6-12(15)7-5-11/h4-7,9-10,13H,3,8H2,1-2H3,(H,16,17). The van der Waals surface area contributed by atoms with Crippen molar-refractivity contribution < 1.29 is 4.79 Å². The van der Waals surface area contributed by atoms with Crippen LogP contribution in [0.1, 0.15) is 37.0 Å². The third kappa shape index (κ3) is 2.89. The van der Waals surface area contributed by atoms with Crippen molar-refractivity contribution in [2.24, 2.45) is 11.8 Å². The van der Waals surface area contributed by atoms with Crippen molar-refractivity contribution in [3.63, 3.8) is 0 Å². The van der Waals surface area contributed by atoms with Gasteiger partial charge >= 0.3 is 0 Å². The summed E-state index contributed by atoms with van der Waals surface area (Å²) in [4.78, 5) is 12.0. The van der Waals surface area contributed by atoms with Crippen LogP contribution in [-0.2, 0) is 0 Å². The summed E-state index contributed by atoms with van der Waals surface area (Å²) >= 11 is 3.37. The Kier molecular flexibility index (Phi) is 3.87. The molecule has 2 rings (SSSR count). The van der Waals surface area contributed by atoms with E-state index in [2.05, 4.69) is 35.1 Å². The number of amides is 1. The smallest absolute Gasteiger partial charge is 0.251 e. The first-order valence-corrected chi connectivity index (χ1v) is 6.93. The molecule has 1 N–H and O–H groups in total. The monoisotopic (exact) mass is 295 g/mol. The third-order valence-electron chi connectivity index (χ3n) is 3.89. The van der Waals surface area contributed by atoms with E-state index >= 15 is 0 Å². The number of benzene rings is 1. The second-order valence-corrected chi connectivity index (χ2v) is 5.92. The molecule has 3 atom stereocenters. The van der Waals surface area contributed by atoms with E-state index in [1.807, 2.05) is 24.3 Å². The van der Waals surface area contributed by atoms with Crippen LogP contribution in [0.15, 0.2) is 28.7 Å². The summed E-state index contributed by atoms with van der Waals surface area (Å²) in [6, 6.07) is 7.83. The summed E-state index contributed by atoms with van der Waals surface area (Å²) in [6.07, 6.45) is 2.32. The van der Waals surface area contributed by atoms with Gasteiger partial charge in [-0.05, 0) is 48.9 Å². The Morgan fingerprint density at radius 2 is 1.88 bits per heavy atom. The lowest BCUT2D eigenvalue weighted by Crippen LogP contribution is -2.37. The molecule has 0 aliphatic heterocycles. The first kappa shape index (κ1) is 12.6. The maximum Gasteiger partial charge on any atom is 0.251 e. The van der Waals surface area contributed by atoms with Gasteiger partial charge in [-0.25, -0.2) is 0 Å². The summed E-state index contributed by atoms with van der Waals surface area (Å²) in [6.45, 7) is 4.49. The van der Waals surface area contributed by atoms with Crippen molar-refractivity contribution in [1.29, 1.82) is 0 Å². The lowest BCUT2D eigenvalue weighted by Gasteiger charge is -2.19. The molecule has 0 aromatic heterocycles. The minimum absolute atomic E-state index is 0.0449. The molecule has 1 saturated carbocycles. The zero-order valence-corrected chi connectivity index (χ0v) is 11.8. The number of hydrogen-bond acceptors (Lipinski definition) is 1. The predicted molar refractivity (Wildman–Crippen MR) is 73.0 cm³/mol. The molecule has 17 heavy (non-hydrogen) atoms. The fourth-order valence-electron chi connectivity index (χ4n) is 2.42. The van der Waals surface area contributed by atoms with Crippen LogP contribution in [0.25, 0.3) is 0 Å². The summed E-state index contributed by atoms with van der Waals surface area (Å²) in [7, 11) is 0. The van der Waals surface area contributed by atoms with Crippen LogP contribution in [0, 0.1) is 11.8 Å². The van der Waals surface area contributed by atoms with Crippen LogP contribution in [0.2, 0.25) is 0 Å². The van der Waals surface area contributed by atoms with E-state index in [-0.39, 0.29) is 5.91 Å². The molecule has 3 heteroatoms. The van der Waals surface area contributed by atoms with Gasteiger partial charge in [-0.15, -0.1) is 0 Å². The van der Waals surface area contributed by atoms with Gasteiger partial charge in [0.1, 0.15) is 0 Å². The molecule has 1 aliphatic rings. The predicted octanol–water partition coefficient (Wildman–Crippen LogP) is 3.61. The van der Waals surface area contributed by atoms with E-state index in [9.17, 15) is 4.79 Å². The zero-order valence-electron chi connectivity index (χ0n) is 10.2. The lowest BCUT2D eigenvalue weighted by molar-refractivity contribution is 0.0927. The fourth-order valence-corrected chi connectivity index (χ4v) is 2.69. The van der Waals surface area contributed by atoms with Gasteiger partial charge in [-0.3, -0.25) is 4.79 Å². The second kappa shape index (κ2) is 5.21. The Balaban J connectivity index is 2.00. The molecule has 1 aromatic carbocycles. The molecular formula is C14H18BrNO. The van der Waals surface area contributed by atoms with Crippen LogP contribution in [-0.4, -0.2) is 11.9 Å². The molecule has 0 bridgehead atoms. The highest BCUT2D eigenvalue weighted by Crippen LogP contribution is 2.31. The number of carbonyl (C=O) groups is 1. The molecule has 3 unspecified atom stereocenters.